The fraction of sp³-hybridized carbons (Fsp3) is 0.688. The third-order valence-electron chi connectivity index (χ3n) is 5.26. The van der Waals surface area contributed by atoms with Crippen LogP contribution in [0.15, 0.2) is 11.3 Å². The molecule has 0 aromatic carbocycles. The topological polar surface area (TPSA) is 105 Å². The van der Waals surface area contributed by atoms with Crippen molar-refractivity contribution in [1.82, 2.24) is 9.80 Å². The number of nitrogens with zero attached hydrogens (tertiary/aromatic N) is 3. The predicted octanol–water partition coefficient (Wildman–Crippen LogP) is 0.418. The zero-order valence-electron chi connectivity index (χ0n) is 13.9. The van der Waals surface area contributed by atoms with E-state index in [1.807, 2.05) is 18.9 Å². The van der Waals surface area contributed by atoms with Gasteiger partial charge in [0.25, 0.3) is 0 Å². The SMILES string of the molecule is C[C@H]1C(CN(C)CCC#N)=C(C(=O)O)N2C(=O)[C@](C)([C@@H](C)O)C12. The van der Waals surface area contributed by atoms with Crippen LogP contribution in [0.25, 0.3) is 0 Å². The maximum atomic E-state index is 12.5. The van der Waals surface area contributed by atoms with Gasteiger partial charge in [0.1, 0.15) is 5.70 Å². The monoisotopic (exact) mass is 321 g/mol. The van der Waals surface area contributed by atoms with E-state index in [-0.39, 0.29) is 23.6 Å². The first-order valence-corrected chi connectivity index (χ1v) is 7.71. The molecule has 7 nitrogen and oxygen atoms in total. The van der Waals surface area contributed by atoms with Crippen molar-refractivity contribution in [2.45, 2.75) is 39.3 Å². The highest BCUT2D eigenvalue weighted by molar-refractivity contribution is 6.02. The van der Waals surface area contributed by atoms with Crippen LogP contribution in [0.1, 0.15) is 27.2 Å². The van der Waals surface area contributed by atoms with Gasteiger partial charge in [0.15, 0.2) is 0 Å². The first-order valence-electron chi connectivity index (χ1n) is 7.71. The Morgan fingerprint density at radius 2 is 2.17 bits per heavy atom. The number of aliphatic hydroxyl groups excluding tert-OH is 1. The van der Waals surface area contributed by atoms with Gasteiger partial charge in [0, 0.05) is 25.4 Å². The standard InChI is InChI=1S/C16H23N3O4/c1-9-11(8-18(4)7-5-6-17)12(14(21)22)19-13(9)16(3,10(2)20)15(19)23/h9-10,13,20H,5,7-8H2,1-4H3,(H,21,22)/t9-,10+,13?,16+/m0/s1. The summed E-state index contributed by atoms with van der Waals surface area (Å²) < 4.78 is 0. The zero-order chi connectivity index (χ0) is 17.5. The van der Waals surface area contributed by atoms with Gasteiger partial charge in [0.2, 0.25) is 5.91 Å². The lowest BCUT2D eigenvalue weighted by Crippen LogP contribution is -2.70. The van der Waals surface area contributed by atoms with Gasteiger partial charge in [-0.2, -0.15) is 5.26 Å². The average Bonchev–Trinajstić information content (AvgIpc) is 2.75. The van der Waals surface area contributed by atoms with Gasteiger partial charge in [-0.15, -0.1) is 0 Å². The molecule has 0 spiro atoms. The molecule has 1 amide bonds. The molecule has 1 fully saturated rings. The van der Waals surface area contributed by atoms with Gasteiger partial charge >= 0.3 is 5.97 Å². The Morgan fingerprint density at radius 3 is 2.65 bits per heavy atom. The van der Waals surface area contributed by atoms with Crippen LogP contribution in [0.5, 0.6) is 0 Å². The maximum absolute atomic E-state index is 12.5. The third-order valence-corrected chi connectivity index (χ3v) is 5.26. The molecule has 23 heavy (non-hydrogen) atoms. The normalized spacial score (nSPS) is 31.0. The number of rotatable bonds is 6. The fourth-order valence-corrected chi connectivity index (χ4v) is 3.75. The number of nitriles is 1. The van der Waals surface area contributed by atoms with Gasteiger partial charge in [-0.05, 0) is 26.5 Å². The van der Waals surface area contributed by atoms with Gasteiger partial charge in [-0.25, -0.2) is 4.79 Å². The van der Waals surface area contributed by atoms with Crippen molar-refractivity contribution in [3.8, 4) is 6.07 Å². The quantitative estimate of drug-likeness (QED) is 0.687. The number of aliphatic hydroxyl groups is 1. The van der Waals surface area contributed by atoms with E-state index in [0.717, 1.165) is 0 Å². The Hall–Kier alpha value is -1.91. The molecule has 0 aliphatic carbocycles. The molecule has 1 saturated heterocycles. The lowest BCUT2D eigenvalue weighted by atomic mass is 9.65. The molecule has 0 aromatic heterocycles. The predicted molar refractivity (Wildman–Crippen MR) is 82.0 cm³/mol. The van der Waals surface area contributed by atoms with Crippen molar-refractivity contribution in [1.29, 1.82) is 5.26 Å². The number of β-lactam (4-membered cyclic amide) rings is 1. The van der Waals surface area contributed by atoms with Crippen LogP contribution in [0.2, 0.25) is 0 Å². The number of fused-ring (bicyclic) bond motifs is 1. The maximum Gasteiger partial charge on any atom is 0.352 e. The number of hydrogen-bond acceptors (Lipinski definition) is 5. The molecule has 0 radical (unpaired) electrons. The number of carboxylic acids is 1. The molecule has 0 saturated carbocycles. The highest BCUT2D eigenvalue weighted by Crippen LogP contribution is 2.54. The Balaban J connectivity index is 2.33. The Bertz CT molecular complexity index is 607. The number of carbonyl (C=O) groups is 2. The van der Waals surface area contributed by atoms with Crippen molar-refractivity contribution in [3.63, 3.8) is 0 Å². The summed E-state index contributed by atoms with van der Waals surface area (Å²) in [5, 5.41) is 28.2. The molecule has 2 aliphatic heterocycles. The lowest BCUT2D eigenvalue weighted by Gasteiger charge is -2.54. The molecule has 126 valence electrons. The minimum atomic E-state index is -1.12. The molecular formula is C16H23N3O4. The molecule has 2 rings (SSSR count). The zero-order valence-corrected chi connectivity index (χ0v) is 13.9. The van der Waals surface area contributed by atoms with Crippen LogP contribution in [0.3, 0.4) is 0 Å². The summed E-state index contributed by atoms with van der Waals surface area (Å²) in [4.78, 5) is 27.4. The van der Waals surface area contributed by atoms with Crippen LogP contribution in [-0.4, -0.2) is 64.2 Å². The second-order valence-electron chi connectivity index (χ2n) is 6.69. The van der Waals surface area contributed by atoms with Crippen molar-refractivity contribution in [3.05, 3.63) is 11.3 Å². The van der Waals surface area contributed by atoms with Crippen LogP contribution in [0.4, 0.5) is 0 Å². The van der Waals surface area contributed by atoms with E-state index >= 15 is 0 Å². The number of hydrogen-bond donors (Lipinski definition) is 2. The van der Waals surface area contributed by atoms with Crippen LogP contribution >= 0.6 is 0 Å². The molecule has 2 heterocycles. The Morgan fingerprint density at radius 1 is 1.57 bits per heavy atom. The summed E-state index contributed by atoms with van der Waals surface area (Å²) in [6.45, 7) is 6.08. The first kappa shape index (κ1) is 17.4. The van der Waals surface area contributed by atoms with Crippen molar-refractivity contribution in [2.75, 3.05) is 20.1 Å². The van der Waals surface area contributed by atoms with Crippen molar-refractivity contribution >= 4 is 11.9 Å². The highest BCUT2D eigenvalue weighted by Gasteiger charge is 2.67. The van der Waals surface area contributed by atoms with Crippen LogP contribution in [-0.2, 0) is 9.59 Å². The Labute approximate surface area is 135 Å². The molecular weight excluding hydrogens is 298 g/mol. The van der Waals surface area contributed by atoms with Crippen LogP contribution in [0, 0.1) is 22.7 Å². The number of amides is 1. The van der Waals surface area contributed by atoms with E-state index in [4.69, 9.17) is 5.26 Å². The summed E-state index contributed by atoms with van der Waals surface area (Å²) in [6, 6.07) is 1.73. The summed E-state index contributed by atoms with van der Waals surface area (Å²) in [5.41, 5.74) is -0.234. The molecule has 2 aliphatic rings. The number of aliphatic carboxylic acids is 1. The number of carbonyl (C=O) groups excluding carboxylic acids is 1. The van der Waals surface area contributed by atoms with Crippen molar-refractivity contribution in [2.24, 2.45) is 11.3 Å². The largest absolute Gasteiger partial charge is 0.477 e. The van der Waals surface area contributed by atoms with Gasteiger partial charge in [0.05, 0.1) is 23.6 Å². The van der Waals surface area contributed by atoms with E-state index in [0.29, 0.717) is 25.1 Å². The minimum absolute atomic E-state index is 0.0365. The molecule has 0 aromatic rings. The summed E-state index contributed by atoms with van der Waals surface area (Å²) in [5.74, 6) is -1.61. The number of carboxylic acid groups (broad SMARTS) is 1. The molecule has 7 heteroatoms. The lowest BCUT2D eigenvalue weighted by molar-refractivity contribution is -0.181. The third kappa shape index (κ3) is 2.42. The highest BCUT2D eigenvalue weighted by atomic mass is 16.4. The van der Waals surface area contributed by atoms with E-state index in [9.17, 15) is 19.8 Å². The van der Waals surface area contributed by atoms with E-state index < -0.39 is 17.5 Å². The first-order chi connectivity index (χ1) is 10.7. The second kappa shape index (κ2) is 5.95. The summed E-state index contributed by atoms with van der Waals surface area (Å²) in [6.07, 6.45) is -0.484. The van der Waals surface area contributed by atoms with E-state index in [2.05, 4.69) is 6.07 Å². The molecule has 2 N–H and O–H groups in total. The van der Waals surface area contributed by atoms with Gasteiger partial charge < -0.3 is 20.0 Å². The molecule has 1 unspecified atom stereocenters. The number of likely N-dealkylation sites (N-methyl/N-ethyl adjacent to an activating group) is 1. The Kier molecular flexibility index (Phi) is 4.51. The second-order valence-corrected chi connectivity index (χ2v) is 6.69. The minimum Gasteiger partial charge on any atom is -0.477 e. The van der Waals surface area contributed by atoms with Gasteiger partial charge in [-0.3, -0.25) is 4.79 Å². The van der Waals surface area contributed by atoms with E-state index in [1.165, 1.54) is 4.90 Å². The fourth-order valence-electron chi connectivity index (χ4n) is 3.75. The average molecular weight is 321 g/mol. The van der Waals surface area contributed by atoms with E-state index in [1.54, 1.807) is 13.8 Å². The smallest absolute Gasteiger partial charge is 0.352 e. The van der Waals surface area contributed by atoms with Gasteiger partial charge in [-0.1, -0.05) is 6.92 Å². The van der Waals surface area contributed by atoms with Crippen LogP contribution < -0.4 is 0 Å². The summed E-state index contributed by atoms with van der Waals surface area (Å²) >= 11 is 0. The molecule has 0 bridgehead atoms. The molecule has 4 atom stereocenters. The summed E-state index contributed by atoms with van der Waals surface area (Å²) in [7, 11) is 1.82. The van der Waals surface area contributed by atoms with Crippen molar-refractivity contribution < 1.29 is 19.8 Å².